The van der Waals surface area contributed by atoms with Gasteiger partial charge < -0.3 is 19.4 Å². The summed E-state index contributed by atoms with van der Waals surface area (Å²) in [6, 6.07) is 15.4. The summed E-state index contributed by atoms with van der Waals surface area (Å²) in [7, 11) is 1.63. The van der Waals surface area contributed by atoms with E-state index in [1.807, 2.05) is 48.5 Å². The average molecular weight is 369 g/mol. The number of carbonyl (C=O) groups is 1. The molecule has 0 saturated carbocycles. The first-order chi connectivity index (χ1) is 13.1. The van der Waals surface area contributed by atoms with Crippen molar-refractivity contribution in [3.8, 4) is 5.75 Å². The summed E-state index contributed by atoms with van der Waals surface area (Å²) >= 11 is 0. The molecule has 0 radical (unpaired) electrons. The Hall–Kier alpha value is -2.86. The van der Waals surface area contributed by atoms with Crippen LogP contribution in [0.5, 0.6) is 5.75 Å². The number of carboxylic acid groups (broad SMARTS) is 1. The molecule has 3 rings (SSSR count). The first kappa shape index (κ1) is 18.9. The number of nitrogens with zero attached hydrogens (tertiary/aromatic N) is 1. The summed E-state index contributed by atoms with van der Waals surface area (Å²) < 4.78 is 10.5. The molecule has 1 aliphatic heterocycles. The molecule has 1 unspecified atom stereocenters. The van der Waals surface area contributed by atoms with Crippen molar-refractivity contribution >= 4 is 11.7 Å². The van der Waals surface area contributed by atoms with Crippen LogP contribution in [0, 0.1) is 0 Å². The first-order valence-electron chi connectivity index (χ1n) is 8.91. The van der Waals surface area contributed by atoms with Gasteiger partial charge in [0.25, 0.3) is 0 Å². The van der Waals surface area contributed by atoms with Crippen LogP contribution in [0.2, 0.25) is 0 Å². The van der Waals surface area contributed by atoms with Crippen LogP contribution in [0.4, 0.5) is 0 Å². The van der Waals surface area contributed by atoms with Crippen LogP contribution < -0.4 is 4.74 Å². The fourth-order valence-corrected chi connectivity index (χ4v) is 3.06. The predicted molar refractivity (Wildman–Crippen MR) is 101 cm³/mol. The Kier molecular flexibility index (Phi) is 6.08. The maximum Gasteiger partial charge on any atom is 0.333 e. The van der Waals surface area contributed by atoms with E-state index >= 15 is 0 Å². The molecule has 0 aromatic heterocycles. The molecule has 142 valence electrons. The molecule has 2 aromatic carbocycles. The molecule has 1 aliphatic rings. The van der Waals surface area contributed by atoms with Gasteiger partial charge in [-0.2, -0.15) is 0 Å². The molecular formula is C21H23NO5. The Morgan fingerprint density at radius 3 is 2.74 bits per heavy atom. The average Bonchev–Trinajstić information content (AvgIpc) is 3.18. The zero-order valence-corrected chi connectivity index (χ0v) is 15.4. The highest BCUT2D eigenvalue weighted by Gasteiger charge is 2.24. The van der Waals surface area contributed by atoms with Crippen molar-refractivity contribution in [2.24, 2.45) is 5.16 Å². The Bertz CT molecular complexity index is 816. The first-order valence-corrected chi connectivity index (χ1v) is 8.91. The molecule has 0 bridgehead atoms. The summed E-state index contributed by atoms with van der Waals surface area (Å²) in [4.78, 5) is 16.9. The van der Waals surface area contributed by atoms with E-state index in [0.717, 1.165) is 28.2 Å². The van der Waals surface area contributed by atoms with E-state index < -0.39 is 12.1 Å². The van der Waals surface area contributed by atoms with Gasteiger partial charge in [-0.15, -0.1) is 0 Å². The van der Waals surface area contributed by atoms with Crippen LogP contribution in [-0.4, -0.2) is 36.6 Å². The second-order valence-corrected chi connectivity index (χ2v) is 6.30. The van der Waals surface area contributed by atoms with E-state index in [0.29, 0.717) is 19.4 Å². The summed E-state index contributed by atoms with van der Waals surface area (Å²) in [6.07, 6.45) is -0.0137. The van der Waals surface area contributed by atoms with Gasteiger partial charge in [-0.1, -0.05) is 35.5 Å². The fraction of sp³-hybridized carbons (Fsp3) is 0.333. The van der Waals surface area contributed by atoms with Gasteiger partial charge in [-0.3, -0.25) is 0 Å². The number of aliphatic carboxylic acids is 1. The Balaban J connectivity index is 1.69. The highest BCUT2D eigenvalue weighted by atomic mass is 16.6. The van der Waals surface area contributed by atoms with Crippen molar-refractivity contribution in [2.45, 2.75) is 32.0 Å². The molecule has 0 amide bonds. The predicted octanol–water partition coefficient (Wildman–Crippen LogP) is 3.59. The third-order valence-corrected chi connectivity index (χ3v) is 4.48. The molecule has 0 aliphatic carbocycles. The maximum atomic E-state index is 11.3. The van der Waals surface area contributed by atoms with Gasteiger partial charge in [0.15, 0.2) is 12.2 Å². The molecule has 2 atom stereocenters. The Morgan fingerprint density at radius 1 is 1.30 bits per heavy atom. The number of carboxylic acids is 1. The molecule has 6 heteroatoms. The lowest BCUT2D eigenvalue weighted by Crippen LogP contribution is -2.26. The SMILES string of the molecule is CCO[C@@H](Cc1cccc(C2=NOC(c3ccc(OC)cc3)C2)c1)C(=O)O. The lowest BCUT2D eigenvalue weighted by molar-refractivity contribution is -0.149. The minimum atomic E-state index is -0.955. The Labute approximate surface area is 158 Å². The van der Waals surface area contributed by atoms with Gasteiger partial charge in [-0.05, 0) is 41.8 Å². The number of hydrogen-bond donors (Lipinski definition) is 1. The van der Waals surface area contributed by atoms with E-state index in [9.17, 15) is 9.90 Å². The number of methoxy groups -OCH3 is 1. The topological polar surface area (TPSA) is 77.3 Å². The van der Waals surface area contributed by atoms with Gasteiger partial charge in [0, 0.05) is 19.4 Å². The van der Waals surface area contributed by atoms with E-state index in [4.69, 9.17) is 14.3 Å². The van der Waals surface area contributed by atoms with Crippen molar-refractivity contribution in [2.75, 3.05) is 13.7 Å². The standard InChI is InChI=1S/C21H23NO5/c1-3-26-20(21(23)24)12-14-5-4-6-16(11-14)18-13-19(27-22-18)15-7-9-17(25-2)10-8-15/h4-11,19-20H,3,12-13H2,1-2H3,(H,23,24)/t19?,20-/m0/s1. The minimum absolute atomic E-state index is 0.134. The summed E-state index contributed by atoms with van der Waals surface area (Å²) in [6.45, 7) is 2.15. The minimum Gasteiger partial charge on any atom is -0.497 e. The highest BCUT2D eigenvalue weighted by molar-refractivity contribution is 6.01. The lowest BCUT2D eigenvalue weighted by Gasteiger charge is -2.13. The quantitative estimate of drug-likeness (QED) is 0.769. The summed E-state index contributed by atoms with van der Waals surface area (Å²) in [5, 5.41) is 13.5. The van der Waals surface area contributed by atoms with Crippen LogP contribution in [-0.2, 0) is 20.8 Å². The third kappa shape index (κ3) is 4.65. The largest absolute Gasteiger partial charge is 0.497 e. The monoisotopic (exact) mass is 369 g/mol. The number of hydrogen-bond acceptors (Lipinski definition) is 5. The normalized spacial score (nSPS) is 17.1. The fourth-order valence-electron chi connectivity index (χ4n) is 3.06. The Morgan fingerprint density at radius 2 is 2.07 bits per heavy atom. The summed E-state index contributed by atoms with van der Waals surface area (Å²) in [5.74, 6) is -0.156. The van der Waals surface area contributed by atoms with E-state index in [2.05, 4.69) is 5.16 Å². The zero-order chi connectivity index (χ0) is 19.2. The molecule has 1 N–H and O–H groups in total. The van der Waals surface area contributed by atoms with Crippen molar-refractivity contribution in [1.82, 2.24) is 0 Å². The van der Waals surface area contributed by atoms with Crippen molar-refractivity contribution in [1.29, 1.82) is 0 Å². The van der Waals surface area contributed by atoms with Crippen molar-refractivity contribution < 1.29 is 24.2 Å². The molecule has 1 heterocycles. The summed E-state index contributed by atoms with van der Waals surface area (Å²) in [5.41, 5.74) is 3.71. The van der Waals surface area contributed by atoms with E-state index in [-0.39, 0.29) is 6.10 Å². The number of ether oxygens (including phenoxy) is 2. The van der Waals surface area contributed by atoms with Crippen LogP contribution in [0.1, 0.15) is 36.1 Å². The molecule has 27 heavy (non-hydrogen) atoms. The molecule has 2 aromatic rings. The molecule has 6 nitrogen and oxygen atoms in total. The zero-order valence-electron chi connectivity index (χ0n) is 15.4. The second-order valence-electron chi connectivity index (χ2n) is 6.30. The molecule has 0 fully saturated rings. The van der Waals surface area contributed by atoms with Crippen LogP contribution >= 0.6 is 0 Å². The molecular weight excluding hydrogens is 346 g/mol. The van der Waals surface area contributed by atoms with Crippen LogP contribution in [0.3, 0.4) is 0 Å². The smallest absolute Gasteiger partial charge is 0.333 e. The van der Waals surface area contributed by atoms with Gasteiger partial charge in [-0.25, -0.2) is 4.79 Å². The number of benzene rings is 2. The number of oxime groups is 1. The molecule has 0 saturated heterocycles. The van der Waals surface area contributed by atoms with Gasteiger partial charge in [0.05, 0.1) is 12.8 Å². The van der Waals surface area contributed by atoms with Crippen molar-refractivity contribution in [3.63, 3.8) is 0 Å². The second kappa shape index (κ2) is 8.68. The van der Waals surface area contributed by atoms with E-state index in [1.54, 1.807) is 14.0 Å². The maximum absolute atomic E-state index is 11.3. The van der Waals surface area contributed by atoms with Gasteiger partial charge in [0.1, 0.15) is 5.75 Å². The highest BCUT2D eigenvalue weighted by Crippen LogP contribution is 2.30. The third-order valence-electron chi connectivity index (χ3n) is 4.48. The lowest BCUT2D eigenvalue weighted by atomic mass is 9.97. The number of rotatable bonds is 8. The molecule has 0 spiro atoms. The van der Waals surface area contributed by atoms with Gasteiger partial charge >= 0.3 is 5.97 Å². The van der Waals surface area contributed by atoms with E-state index in [1.165, 1.54) is 0 Å². The van der Waals surface area contributed by atoms with Gasteiger partial charge in [0.2, 0.25) is 0 Å². The van der Waals surface area contributed by atoms with Crippen LogP contribution in [0.15, 0.2) is 53.7 Å². The van der Waals surface area contributed by atoms with Crippen LogP contribution in [0.25, 0.3) is 0 Å². The van der Waals surface area contributed by atoms with Crippen molar-refractivity contribution in [3.05, 3.63) is 65.2 Å².